The van der Waals surface area contributed by atoms with Crippen LogP contribution >= 0.6 is 0 Å². The Morgan fingerprint density at radius 3 is 2.30 bits per heavy atom. The lowest BCUT2D eigenvalue weighted by atomic mass is 9.54. The first kappa shape index (κ1) is 22.5. The topological polar surface area (TPSA) is 83.1 Å². The second-order valence-electron chi connectivity index (χ2n) is 11.5. The number of hydrogen-bond donors (Lipinski definition) is 3. The molecule has 6 nitrogen and oxygen atoms in total. The monoisotopic (exact) mass is 492 g/mol. The van der Waals surface area contributed by atoms with Crippen molar-refractivity contribution in [3.63, 3.8) is 0 Å². The lowest BCUT2D eigenvalue weighted by molar-refractivity contribution is -0.0119. The number of fused-ring (bicyclic) bond motifs is 1. The second-order valence-corrected chi connectivity index (χ2v) is 11.5. The predicted octanol–water partition coefficient (Wildman–Crippen LogP) is 5.60. The fourth-order valence-corrected chi connectivity index (χ4v) is 7.58. The van der Waals surface area contributed by atoms with Crippen LogP contribution in [0.4, 0.5) is 11.4 Å². The van der Waals surface area contributed by atoms with Crippen molar-refractivity contribution >= 4 is 23.2 Å². The molecule has 0 saturated heterocycles. The summed E-state index contributed by atoms with van der Waals surface area (Å²) >= 11 is 0. The van der Waals surface area contributed by atoms with Gasteiger partial charge in [0.05, 0.1) is 6.04 Å². The molecule has 4 bridgehead atoms. The fourth-order valence-electron chi connectivity index (χ4n) is 7.58. The van der Waals surface area contributed by atoms with Gasteiger partial charge in [0.25, 0.3) is 11.8 Å². The van der Waals surface area contributed by atoms with Gasteiger partial charge in [0, 0.05) is 29.2 Å². The van der Waals surface area contributed by atoms with Gasteiger partial charge in [-0.2, -0.15) is 0 Å². The van der Waals surface area contributed by atoms with Crippen molar-refractivity contribution in [2.75, 3.05) is 10.6 Å². The molecule has 37 heavy (non-hydrogen) atoms. The van der Waals surface area contributed by atoms with E-state index in [-0.39, 0.29) is 17.9 Å². The molecular formula is C31H32N4O2. The van der Waals surface area contributed by atoms with Crippen molar-refractivity contribution in [2.45, 2.75) is 50.6 Å². The maximum Gasteiger partial charge on any atom is 0.274 e. The third kappa shape index (κ3) is 4.28. The average Bonchev–Trinajstić information content (AvgIpc) is 3.35. The lowest BCUT2D eigenvalue weighted by Crippen LogP contribution is -2.55. The molecule has 3 N–H and O–H groups in total. The van der Waals surface area contributed by atoms with Gasteiger partial charge in [-0.1, -0.05) is 24.3 Å². The molecule has 8 rings (SSSR count). The Labute approximate surface area is 217 Å². The van der Waals surface area contributed by atoms with Crippen molar-refractivity contribution in [2.24, 2.45) is 23.7 Å². The van der Waals surface area contributed by atoms with Gasteiger partial charge in [0.15, 0.2) is 0 Å². The first-order chi connectivity index (χ1) is 18.1. The minimum absolute atomic E-state index is 0.0681. The number of benzene rings is 2. The third-order valence-corrected chi connectivity index (χ3v) is 9.12. The first-order valence-electron chi connectivity index (χ1n) is 13.6. The molecule has 5 aliphatic rings. The molecule has 6 heteroatoms. The van der Waals surface area contributed by atoms with Crippen LogP contribution in [0.3, 0.4) is 0 Å². The van der Waals surface area contributed by atoms with Crippen LogP contribution in [0, 0.1) is 23.7 Å². The molecule has 4 saturated carbocycles. The molecule has 188 valence electrons. The molecule has 1 aromatic heterocycles. The van der Waals surface area contributed by atoms with Crippen LogP contribution in [0.1, 0.15) is 70.1 Å². The van der Waals surface area contributed by atoms with Gasteiger partial charge in [0.2, 0.25) is 0 Å². The normalized spacial score (nSPS) is 28.9. The van der Waals surface area contributed by atoms with Crippen LogP contribution in [0.25, 0.3) is 0 Å². The Morgan fingerprint density at radius 2 is 1.59 bits per heavy atom. The van der Waals surface area contributed by atoms with Crippen LogP contribution < -0.4 is 16.0 Å². The summed E-state index contributed by atoms with van der Waals surface area (Å²) in [4.78, 5) is 29.7. The highest BCUT2D eigenvalue weighted by Crippen LogP contribution is 2.53. The zero-order chi connectivity index (χ0) is 24.9. The van der Waals surface area contributed by atoms with E-state index in [1.54, 1.807) is 24.4 Å². The SMILES string of the molecule is O=C(NC1C2CC3CC(C2)CC1C3)c1ccc2c(c1)NC(c1ccc(NC(=O)c3ccccn3)cc1)C2. The van der Waals surface area contributed by atoms with E-state index >= 15 is 0 Å². The van der Waals surface area contributed by atoms with Gasteiger partial charge >= 0.3 is 0 Å². The maximum absolute atomic E-state index is 13.2. The number of carbonyl (C=O) groups is 2. The van der Waals surface area contributed by atoms with Crippen LogP contribution in [0.2, 0.25) is 0 Å². The van der Waals surface area contributed by atoms with E-state index in [0.29, 0.717) is 23.6 Å². The highest BCUT2D eigenvalue weighted by Gasteiger charge is 2.48. The summed E-state index contributed by atoms with van der Waals surface area (Å²) in [6.45, 7) is 0. The Balaban J connectivity index is 0.996. The minimum Gasteiger partial charge on any atom is -0.378 e. The number of nitrogens with one attached hydrogen (secondary N) is 3. The molecule has 2 amide bonds. The summed E-state index contributed by atoms with van der Waals surface area (Å²) in [7, 11) is 0. The quantitative estimate of drug-likeness (QED) is 0.433. The Morgan fingerprint density at radius 1 is 0.838 bits per heavy atom. The Kier molecular flexibility index (Phi) is 5.49. The molecule has 4 fully saturated rings. The molecule has 2 heterocycles. The standard InChI is InChI=1S/C31H32N4O2/c36-30(35-29-23-12-18-11-19(14-23)15-24(29)13-18)22-5-4-21-16-27(34-28(21)17-22)20-6-8-25(9-7-20)33-31(37)26-3-1-2-10-32-26/h1-10,17-19,23-24,27,29,34H,11-16H2,(H,33,37)(H,35,36). The molecule has 3 aromatic rings. The number of nitrogens with zero attached hydrogens (tertiary/aromatic N) is 1. The summed E-state index contributed by atoms with van der Waals surface area (Å²) in [5, 5.41) is 9.95. The molecule has 1 aliphatic heterocycles. The van der Waals surface area contributed by atoms with E-state index in [9.17, 15) is 9.59 Å². The average molecular weight is 493 g/mol. The number of rotatable bonds is 5. The number of hydrogen-bond acceptors (Lipinski definition) is 4. The summed E-state index contributed by atoms with van der Waals surface area (Å²) in [6.07, 6.45) is 9.11. The van der Waals surface area contributed by atoms with E-state index < -0.39 is 0 Å². The third-order valence-electron chi connectivity index (χ3n) is 9.12. The largest absolute Gasteiger partial charge is 0.378 e. The molecule has 1 unspecified atom stereocenters. The van der Waals surface area contributed by atoms with E-state index in [4.69, 9.17) is 0 Å². The lowest BCUT2D eigenvalue weighted by Gasteiger charge is -2.54. The van der Waals surface area contributed by atoms with Crippen LogP contribution in [-0.2, 0) is 6.42 Å². The molecule has 1 atom stereocenters. The van der Waals surface area contributed by atoms with E-state index in [1.165, 1.54) is 37.7 Å². The minimum atomic E-state index is -0.223. The smallest absolute Gasteiger partial charge is 0.274 e. The van der Waals surface area contributed by atoms with Gasteiger partial charge in [-0.15, -0.1) is 0 Å². The number of amides is 2. The molecule has 0 radical (unpaired) electrons. The van der Waals surface area contributed by atoms with Crippen molar-refractivity contribution in [3.8, 4) is 0 Å². The molecular weight excluding hydrogens is 460 g/mol. The van der Waals surface area contributed by atoms with Crippen LogP contribution in [0.15, 0.2) is 66.9 Å². The fraction of sp³-hybridized carbons (Fsp3) is 0.387. The Bertz CT molecular complexity index is 1310. The van der Waals surface area contributed by atoms with Crippen LogP contribution in [-0.4, -0.2) is 22.8 Å². The van der Waals surface area contributed by atoms with Gasteiger partial charge < -0.3 is 16.0 Å². The van der Waals surface area contributed by atoms with Crippen molar-refractivity contribution < 1.29 is 9.59 Å². The first-order valence-corrected chi connectivity index (χ1v) is 13.6. The van der Waals surface area contributed by atoms with Gasteiger partial charge in [-0.3, -0.25) is 14.6 Å². The van der Waals surface area contributed by atoms with E-state index in [2.05, 4.69) is 27.0 Å². The molecule has 4 aliphatic carbocycles. The van der Waals surface area contributed by atoms with Gasteiger partial charge in [-0.05, 0) is 110 Å². The summed E-state index contributed by atoms with van der Waals surface area (Å²) in [6, 6.07) is 19.8. The van der Waals surface area contributed by atoms with E-state index in [0.717, 1.165) is 40.8 Å². The van der Waals surface area contributed by atoms with Gasteiger partial charge in [0.1, 0.15) is 5.69 Å². The van der Waals surface area contributed by atoms with E-state index in [1.807, 2.05) is 36.4 Å². The van der Waals surface area contributed by atoms with Crippen LogP contribution in [0.5, 0.6) is 0 Å². The number of pyridine rings is 1. The van der Waals surface area contributed by atoms with Gasteiger partial charge in [-0.25, -0.2) is 0 Å². The zero-order valence-corrected chi connectivity index (χ0v) is 20.8. The summed E-state index contributed by atoms with van der Waals surface area (Å²) in [5.41, 5.74) is 5.28. The summed E-state index contributed by atoms with van der Waals surface area (Å²) in [5.74, 6) is 3.01. The Hall–Kier alpha value is -3.67. The number of aromatic nitrogens is 1. The highest BCUT2D eigenvalue weighted by atomic mass is 16.2. The number of carbonyl (C=O) groups excluding carboxylic acids is 2. The molecule has 2 aromatic carbocycles. The predicted molar refractivity (Wildman–Crippen MR) is 143 cm³/mol. The highest BCUT2D eigenvalue weighted by molar-refractivity contribution is 6.02. The second kappa shape index (κ2) is 9.02. The molecule has 0 spiro atoms. The maximum atomic E-state index is 13.2. The summed E-state index contributed by atoms with van der Waals surface area (Å²) < 4.78 is 0. The van der Waals surface area contributed by atoms with Crippen molar-refractivity contribution in [3.05, 3.63) is 89.2 Å². The van der Waals surface area contributed by atoms with Crippen molar-refractivity contribution in [1.29, 1.82) is 0 Å². The zero-order valence-electron chi connectivity index (χ0n) is 20.8. The number of anilines is 2. The van der Waals surface area contributed by atoms with Crippen molar-refractivity contribution in [1.82, 2.24) is 10.3 Å².